The molecule has 3 aromatic rings. The van der Waals surface area contributed by atoms with E-state index in [0.29, 0.717) is 23.4 Å². The quantitative estimate of drug-likeness (QED) is 0.169. The number of hydrogen-bond donors (Lipinski definition) is 0. The molecule has 1 saturated heterocycles. The lowest BCUT2D eigenvalue weighted by atomic mass is 10.0. The molecule has 1 aliphatic rings. The third-order valence-electron chi connectivity index (χ3n) is 5.86. The van der Waals surface area contributed by atoms with Gasteiger partial charge in [0.15, 0.2) is 6.17 Å². The van der Waals surface area contributed by atoms with Crippen molar-refractivity contribution in [2.24, 2.45) is 0 Å². The molecule has 0 aliphatic carbocycles. The average molecular weight is 529 g/mol. The Labute approximate surface area is 220 Å². The van der Waals surface area contributed by atoms with Gasteiger partial charge in [-0.25, -0.2) is 14.4 Å². The summed E-state index contributed by atoms with van der Waals surface area (Å²) in [6.45, 7) is 6.63. The molecule has 0 spiro atoms. The minimum absolute atomic E-state index is 0.0631. The maximum atomic E-state index is 15.7. The second-order valence-electron chi connectivity index (χ2n) is 8.49. The Hall–Kier alpha value is -2.61. The zero-order valence-corrected chi connectivity index (χ0v) is 21.3. The molecule has 36 heavy (non-hydrogen) atoms. The summed E-state index contributed by atoms with van der Waals surface area (Å²) < 4.78 is 33.6. The number of rotatable bonds is 10. The Morgan fingerprint density at radius 2 is 1.67 bits per heavy atom. The van der Waals surface area contributed by atoms with Gasteiger partial charge < -0.3 is 14.2 Å². The van der Waals surface area contributed by atoms with Crippen LogP contribution in [0.3, 0.4) is 0 Å². The van der Waals surface area contributed by atoms with Crippen LogP contribution in [0.15, 0.2) is 78.9 Å². The topological polar surface area (TPSA) is 53.5 Å². The molecule has 0 saturated carbocycles. The normalized spacial score (nSPS) is 21.8. The minimum Gasteiger partial charge on any atom is -0.374 e. The van der Waals surface area contributed by atoms with Crippen molar-refractivity contribution in [3.63, 3.8) is 0 Å². The first-order valence-corrected chi connectivity index (χ1v) is 12.3. The molecular weight excluding hydrogens is 502 g/mol. The first-order chi connectivity index (χ1) is 17.4. The standard InChI is InChI=1S/C28H27Cl2FN2O3/c1-18(13-14-22-19(2)32-28(30)33-27(22)29)25-24(31)26(35-16-21-11-7-4-8-12-21)23(36-25)17-34-15-20-9-5-3-6-10-20/h3-14,23-26H,1,15-17H2,2H3/b14-13-/t23-,24-,25+,26-/m1/s1. The fourth-order valence-electron chi connectivity index (χ4n) is 3.97. The van der Waals surface area contributed by atoms with Gasteiger partial charge >= 0.3 is 0 Å². The minimum atomic E-state index is -1.44. The molecule has 5 nitrogen and oxygen atoms in total. The van der Waals surface area contributed by atoms with Crippen LogP contribution < -0.4 is 0 Å². The zero-order chi connectivity index (χ0) is 25.5. The van der Waals surface area contributed by atoms with Gasteiger partial charge in [0.1, 0.15) is 23.5 Å². The predicted molar refractivity (Wildman–Crippen MR) is 140 cm³/mol. The smallest absolute Gasteiger partial charge is 0.224 e. The van der Waals surface area contributed by atoms with Crippen molar-refractivity contribution in [1.29, 1.82) is 0 Å². The van der Waals surface area contributed by atoms with E-state index in [4.69, 9.17) is 37.4 Å². The van der Waals surface area contributed by atoms with Crippen LogP contribution in [0.2, 0.25) is 10.4 Å². The number of nitrogens with zero attached hydrogens (tertiary/aromatic N) is 2. The summed E-state index contributed by atoms with van der Waals surface area (Å²) in [6, 6.07) is 19.4. The number of alkyl halides is 1. The molecule has 1 aliphatic heterocycles. The molecular formula is C28H27Cl2FN2O3. The zero-order valence-electron chi connectivity index (χ0n) is 19.8. The number of benzene rings is 2. The molecule has 188 valence electrons. The van der Waals surface area contributed by atoms with Gasteiger partial charge in [-0.1, -0.05) is 84.9 Å². The largest absolute Gasteiger partial charge is 0.374 e. The second-order valence-corrected chi connectivity index (χ2v) is 9.19. The van der Waals surface area contributed by atoms with Gasteiger partial charge in [-0.15, -0.1) is 0 Å². The Bertz CT molecular complexity index is 1170. The van der Waals surface area contributed by atoms with Gasteiger partial charge in [-0.2, -0.15) is 0 Å². The fraction of sp³-hybridized carbons (Fsp3) is 0.286. The predicted octanol–water partition coefficient (Wildman–Crippen LogP) is 6.57. The summed E-state index contributed by atoms with van der Waals surface area (Å²) in [4.78, 5) is 8.07. The van der Waals surface area contributed by atoms with E-state index in [1.807, 2.05) is 60.7 Å². The molecule has 2 heterocycles. The summed E-state index contributed by atoms with van der Waals surface area (Å²) in [5.74, 6) is 0. The first kappa shape index (κ1) is 26.5. The van der Waals surface area contributed by atoms with Gasteiger partial charge in [-0.3, -0.25) is 0 Å². The second kappa shape index (κ2) is 12.6. The van der Waals surface area contributed by atoms with Crippen molar-refractivity contribution >= 4 is 29.3 Å². The van der Waals surface area contributed by atoms with Crippen LogP contribution in [0.5, 0.6) is 0 Å². The summed E-state index contributed by atoms with van der Waals surface area (Å²) in [7, 11) is 0. The monoisotopic (exact) mass is 528 g/mol. The third kappa shape index (κ3) is 6.78. The summed E-state index contributed by atoms with van der Waals surface area (Å²) >= 11 is 12.1. The lowest BCUT2D eigenvalue weighted by Crippen LogP contribution is -2.35. The van der Waals surface area contributed by atoms with Crippen LogP contribution in [0.1, 0.15) is 22.4 Å². The van der Waals surface area contributed by atoms with E-state index < -0.39 is 24.5 Å². The van der Waals surface area contributed by atoms with Gasteiger partial charge in [0.25, 0.3) is 0 Å². The third-order valence-corrected chi connectivity index (χ3v) is 6.32. The van der Waals surface area contributed by atoms with Crippen LogP contribution in [0.4, 0.5) is 4.39 Å². The van der Waals surface area contributed by atoms with Crippen LogP contribution in [-0.2, 0) is 27.4 Å². The van der Waals surface area contributed by atoms with Gasteiger partial charge in [0, 0.05) is 5.56 Å². The van der Waals surface area contributed by atoms with Crippen molar-refractivity contribution in [3.8, 4) is 0 Å². The van der Waals surface area contributed by atoms with Crippen molar-refractivity contribution in [2.75, 3.05) is 6.61 Å². The van der Waals surface area contributed by atoms with E-state index in [1.165, 1.54) is 0 Å². The van der Waals surface area contributed by atoms with E-state index >= 15 is 4.39 Å². The maximum absolute atomic E-state index is 15.7. The Morgan fingerprint density at radius 3 is 2.31 bits per heavy atom. The Morgan fingerprint density at radius 1 is 1.03 bits per heavy atom. The maximum Gasteiger partial charge on any atom is 0.224 e. The van der Waals surface area contributed by atoms with E-state index in [1.54, 1.807) is 19.1 Å². The Kier molecular flexibility index (Phi) is 9.24. The molecule has 0 N–H and O–H groups in total. The van der Waals surface area contributed by atoms with E-state index in [0.717, 1.165) is 11.1 Å². The van der Waals surface area contributed by atoms with Crippen LogP contribution in [0, 0.1) is 6.92 Å². The number of hydrogen-bond acceptors (Lipinski definition) is 5. The molecule has 8 heteroatoms. The molecule has 1 aromatic heterocycles. The van der Waals surface area contributed by atoms with Crippen LogP contribution in [0.25, 0.3) is 6.08 Å². The first-order valence-electron chi connectivity index (χ1n) is 11.6. The number of ether oxygens (including phenoxy) is 3. The molecule has 4 atom stereocenters. The number of halogens is 3. The highest BCUT2D eigenvalue weighted by atomic mass is 35.5. The summed E-state index contributed by atoms with van der Waals surface area (Å²) in [6.07, 6.45) is -0.420. The van der Waals surface area contributed by atoms with Crippen molar-refractivity contribution in [2.45, 2.75) is 44.6 Å². The van der Waals surface area contributed by atoms with Crippen LogP contribution >= 0.6 is 23.2 Å². The molecule has 0 radical (unpaired) electrons. The molecule has 4 rings (SSSR count). The fourth-order valence-corrected chi connectivity index (χ4v) is 4.50. The highest BCUT2D eigenvalue weighted by molar-refractivity contribution is 6.32. The Balaban J connectivity index is 1.45. The molecule has 2 aromatic carbocycles. The van der Waals surface area contributed by atoms with E-state index in [-0.39, 0.29) is 23.7 Å². The average Bonchev–Trinajstić information content (AvgIpc) is 3.18. The SMILES string of the molecule is C=C(/C=C\c1c(C)nc(Cl)nc1Cl)[C@@H]1O[C@H](COCc2ccccc2)[C@@H](OCc2ccccc2)[C@@H]1F. The van der Waals surface area contributed by atoms with Crippen LogP contribution in [-0.4, -0.2) is 41.1 Å². The summed E-state index contributed by atoms with van der Waals surface area (Å²) in [5.41, 5.74) is 3.59. The lowest BCUT2D eigenvalue weighted by molar-refractivity contribution is -0.0706. The van der Waals surface area contributed by atoms with Crippen molar-refractivity contribution in [1.82, 2.24) is 9.97 Å². The molecule has 0 bridgehead atoms. The summed E-state index contributed by atoms with van der Waals surface area (Å²) in [5, 5.41) is 0.269. The highest BCUT2D eigenvalue weighted by Gasteiger charge is 2.46. The molecule has 0 unspecified atom stereocenters. The molecule has 1 fully saturated rings. The van der Waals surface area contributed by atoms with Gasteiger partial charge in [-0.05, 0) is 41.3 Å². The number of aromatic nitrogens is 2. The lowest BCUT2D eigenvalue weighted by Gasteiger charge is -2.20. The highest BCUT2D eigenvalue weighted by Crippen LogP contribution is 2.33. The van der Waals surface area contributed by atoms with E-state index in [2.05, 4.69) is 16.5 Å². The van der Waals surface area contributed by atoms with E-state index in [9.17, 15) is 0 Å². The van der Waals surface area contributed by atoms with Crippen molar-refractivity contribution < 1.29 is 18.6 Å². The number of aryl methyl sites for hydroxylation is 1. The van der Waals surface area contributed by atoms with Crippen molar-refractivity contribution in [3.05, 3.63) is 112 Å². The molecule has 0 amide bonds. The van der Waals surface area contributed by atoms with Gasteiger partial charge in [0.2, 0.25) is 5.28 Å². The van der Waals surface area contributed by atoms with Gasteiger partial charge in [0.05, 0.1) is 25.5 Å².